The average Bonchev–Trinajstić information content (AvgIpc) is 2.84. The lowest BCUT2D eigenvalue weighted by molar-refractivity contribution is -0.117. The molecule has 106 valence electrons. The Morgan fingerprint density at radius 3 is 2.47 bits per heavy atom. The molecular formula is C14H20ClN2O2-. The van der Waals surface area contributed by atoms with Crippen LogP contribution in [0.15, 0.2) is 24.3 Å². The molecule has 5 heteroatoms. The Bertz CT molecular complexity index is 389. The van der Waals surface area contributed by atoms with Gasteiger partial charge in [0.25, 0.3) is 0 Å². The van der Waals surface area contributed by atoms with Crippen LogP contribution in [0.4, 0.5) is 5.69 Å². The van der Waals surface area contributed by atoms with E-state index in [1.807, 2.05) is 31.2 Å². The molecular weight excluding hydrogens is 264 g/mol. The molecule has 1 amide bonds. The largest absolute Gasteiger partial charge is 1.00 e. The van der Waals surface area contributed by atoms with Crippen LogP contribution in [0.1, 0.15) is 19.8 Å². The summed E-state index contributed by atoms with van der Waals surface area (Å²) in [5.74, 6) is 0.885. The second kappa shape index (κ2) is 8.02. The number of nitrogens with one attached hydrogen (secondary N) is 1. The Labute approximate surface area is 120 Å². The van der Waals surface area contributed by atoms with Gasteiger partial charge in [0, 0.05) is 5.69 Å². The molecule has 1 aliphatic heterocycles. The SMILES string of the molecule is CCOc1ccc(NC(=O)CN2CCCC2)cc1.[Cl-]. The first-order valence-corrected chi connectivity index (χ1v) is 6.53. The normalized spacial score (nSPS) is 14.8. The monoisotopic (exact) mass is 283 g/mol. The van der Waals surface area contributed by atoms with Gasteiger partial charge in [-0.15, -0.1) is 0 Å². The van der Waals surface area contributed by atoms with Crippen molar-refractivity contribution in [3.63, 3.8) is 0 Å². The van der Waals surface area contributed by atoms with Crippen molar-refractivity contribution >= 4 is 11.6 Å². The summed E-state index contributed by atoms with van der Waals surface area (Å²) in [5, 5.41) is 2.90. The van der Waals surface area contributed by atoms with Gasteiger partial charge in [-0.05, 0) is 57.1 Å². The van der Waals surface area contributed by atoms with E-state index in [0.29, 0.717) is 13.2 Å². The van der Waals surface area contributed by atoms with Gasteiger partial charge >= 0.3 is 0 Å². The molecule has 1 fully saturated rings. The molecule has 1 aliphatic rings. The van der Waals surface area contributed by atoms with Crippen molar-refractivity contribution in [2.75, 3.05) is 31.6 Å². The van der Waals surface area contributed by atoms with Gasteiger partial charge in [-0.3, -0.25) is 9.69 Å². The van der Waals surface area contributed by atoms with Crippen LogP contribution < -0.4 is 22.5 Å². The zero-order valence-electron chi connectivity index (χ0n) is 11.2. The number of likely N-dealkylation sites (tertiary alicyclic amines) is 1. The van der Waals surface area contributed by atoms with Crippen molar-refractivity contribution in [3.05, 3.63) is 24.3 Å². The number of halogens is 1. The Hall–Kier alpha value is -1.26. The van der Waals surface area contributed by atoms with Gasteiger partial charge in [0.1, 0.15) is 5.75 Å². The predicted octanol–water partition coefficient (Wildman–Crippen LogP) is -0.876. The van der Waals surface area contributed by atoms with E-state index >= 15 is 0 Å². The van der Waals surface area contributed by atoms with E-state index in [0.717, 1.165) is 24.5 Å². The smallest absolute Gasteiger partial charge is 0.238 e. The van der Waals surface area contributed by atoms with Gasteiger partial charge in [0.2, 0.25) is 5.91 Å². The van der Waals surface area contributed by atoms with Gasteiger partial charge in [0.05, 0.1) is 13.2 Å². The lowest BCUT2D eigenvalue weighted by Crippen LogP contribution is -3.00. The maximum absolute atomic E-state index is 11.8. The van der Waals surface area contributed by atoms with Crippen molar-refractivity contribution in [1.82, 2.24) is 4.90 Å². The van der Waals surface area contributed by atoms with Crippen molar-refractivity contribution in [1.29, 1.82) is 0 Å². The van der Waals surface area contributed by atoms with Crippen molar-refractivity contribution < 1.29 is 21.9 Å². The molecule has 0 aromatic heterocycles. The maximum Gasteiger partial charge on any atom is 0.238 e. The second-order valence-electron chi connectivity index (χ2n) is 4.49. The number of ether oxygens (including phenoxy) is 1. The maximum atomic E-state index is 11.8. The minimum atomic E-state index is 0. The number of anilines is 1. The Morgan fingerprint density at radius 2 is 1.89 bits per heavy atom. The molecule has 0 unspecified atom stereocenters. The summed E-state index contributed by atoms with van der Waals surface area (Å²) < 4.78 is 5.35. The number of carbonyl (C=O) groups is 1. The number of hydrogen-bond acceptors (Lipinski definition) is 3. The molecule has 1 aromatic rings. The molecule has 0 atom stereocenters. The topological polar surface area (TPSA) is 41.6 Å². The third-order valence-electron chi connectivity index (χ3n) is 3.01. The van der Waals surface area contributed by atoms with E-state index in [1.165, 1.54) is 12.8 Å². The minimum Gasteiger partial charge on any atom is -1.00 e. The van der Waals surface area contributed by atoms with Crippen LogP contribution >= 0.6 is 0 Å². The molecule has 0 bridgehead atoms. The van der Waals surface area contributed by atoms with Crippen LogP contribution in [-0.4, -0.2) is 37.0 Å². The van der Waals surface area contributed by atoms with Crippen LogP contribution in [0.25, 0.3) is 0 Å². The fraction of sp³-hybridized carbons (Fsp3) is 0.500. The molecule has 1 aromatic carbocycles. The first-order chi connectivity index (χ1) is 8.78. The first kappa shape index (κ1) is 15.8. The third kappa shape index (κ3) is 5.09. The van der Waals surface area contributed by atoms with E-state index < -0.39 is 0 Å². The van der Waals surface area contributed by atoms with Crippen molar-refractivity contribution in [2.45, 2.75) is 19.8 Å². The standard InChI is InChI=1S/C14H20N2O2.ClH/c1-2-18-13-7-5-12(6-8-13)15-14(17)11-16-9-3-4-10-16;/h5-8H,2-4,9-11H2,1H3,(H,15,17);1H/p-1. The van der Waals surface area contributed by atoms with Gasteiger partial charge < -0.3 is 22.5 Å². The minimum absolute atomic E-state index is 0. The van der Waals surface area contributed by atoms with E-state index in [9.17, 15) is 4.79 Å². The van der Waals surface area contributed by atoms with Crippen molar-refractivity contribution in [2.24, 2.45) is 0 Å². The van der Waals surface area contributed by atoms with Gasteiger partial charge in [0.15, 0.2) is 0 Å². The molecule has 0 radical (unpaired) electrons. The van der Waals surface area contributed by atoms with E-state index in [-0.39, 0.29) is 18.3 Å². The molecule has 2 rings (SSSR count). The Balaban J connectivity index is 0.00000180. The summed E-state index contributed by atoms with van der Waals surface area (Å²) in [5.41, 5.74) is 0.822. The number of rotatable bonds is 5. The van der Waals surface area contributed by atoms with E-state index in [1.54, 1.807) is 0 Å². The van der Waals surface area contributed by atoms with Crippen molar-refractivity contribution in [3.8, 4) is 5.75 Å². The van der Waals surface area contributed by atoms with Gasteiger partial charge in [-0.25, -0.2) is 0 Å². The molecule has 1 saturated heterocycles. The molecule has 0 saturated carbocycles. The van der Waals surface area contributed by atoms with Crippen LogP contribution in [0, 0.1) is 0 Å². The summed E-state index contributed by atoms with van der Waals surface area (Å²) in [6.45, 7) is 5.17. The number of benzene rings is 1. The molecule has 4 nitrogen and oxygen atoms in total. The summed E-state index contributed by atoms with van der Waals surface area (Å²) >= 11 is 0. The number of nitrogens with zero attached hydrogens (tertiary/aromatic N) is 1. The van der Waals surface area contributed by atoms with E-state index in [2.05, 4.69) is 10.2 Å². The lowest BCUT2D eigenvalue weighted by atomic mass is 10.3. The number of carbonyl (C=O) groups excluding carboxylic acids is 1. The summed E-state index contributed by atoms with van der Waals surface area (Å²) in [6, 6.07) is 7.48. The highest BCUT2D eigenvalue weighted by atomic mass is 35.5. The summed E-state index contributed by atoms with van der Waals surface area (Å²) in [4.78, 5) is 14.0. The van der Waals surface area contributed by atoms with Gasteiger partial charge in [-0.1, -0.05) is 0 Å². The Morgan fingerprint density at radius 1 is 1.26 bits per heavy atom. The van der Waals surface area contributed by atoms with Crippen LogP contribution in [0.3, 0.4) is 0 Å². The zero-order valence-corrected chi connectivity index (χ0v) is 11.9. The fourth-order valence-corrected chi connectivity index (χ4v) is 2.15. The molecule has 1 N–H and O–H groups in total. The highest BCUT2D eigenvalue weighted by Gasteiger charge is 2.14. The molecule has 19 heavy (non-hydrogen) atoms. The molecule has 0 spiro atoms. The highest BCUT2D eigenvalue weighted by Crippen LogP contribution is 2.15. The summed E-state index contributed by atoms with van der Waals surface area (Å²) in [7, 11) is 0. The summed E-state index contributed by atoms with van der Waals surface area (Å²) in [6.07, 6.45) is 2.41. The Kier molecular flexibility index (Phi) is 6.67. The lowest BCUT2D eigenvalue weighted by Gasteiger charge is -2.14. The second-order valence-corrected chi connectivity index (χ2v) is 4.49. The van der Waals surface area contributed by atoms with Crippen LogP contribution in [-0.2, 0) is 4.79 Å². The number of hydrogen-bond donors (Lipinski definition) is 1. The fourth-order valence-electron chi connectivity index (χ4n) is 2.15. The van der Waals surface area contributed by atoms with Gasteiger partial charge in [-0.2, -0.15) is 0 Å². The quantitative estimate of drug-likeness (QED) is 0.763. The van der Waals surface area contributed by atoms with Crippen LogP contribution in [0.5, 0.6) is 5.75 Å². The van der Waals surface area contributed by atoms with E-state index in [4.69, 9.17) is 4.74 Å². The predicted molar refractivity (Wildman–Crippen MR) is 71.9 cm³/mol. The van der Waals surface area contributed by atoms with Crippen LogP contribution in [0.2, 0.25) is 0 Å². The molecule has 1 heterocycles. The molecule has 0 aliphatic carbocycles. The highest BCUT2D eigenvalue weighted by molar-refractivity contribution is 5.92. The average molecular weight is 284 g/mol. The number of amides is 1. The first-order valence-electron chi connectivity index (χ1n) is 6.53. The third-order valence-corrected chi connectivity index (χ3v) is 3.01. The zero-order chi connectivity index (χ0) is 12.8.